The van der Waals surface area contributed by atoms with Gasteiger partial charge in [-0.15, -0.1) is 10.2 Å². The first-order chi connectivity index (χ1) is 14.7. The van der Waals surface area contributed by atoms with Gasteiger partial charge >= 0.3 is 0 Å². The minimum Gasteiger partial charge on any atom is -0.480 e. The smallest absolute Gasteiger partial charge is 0.274 e. The molecule has 0 atom stereocenters. The molecule has 3 aromatic rings. The van der Waals surface area contributed by atoms with Crippen LogP contribution in [0.4, 0.5) is 0 Å². The molecule has 1 amide bonds. The monoisotopic (exact) mass is 405 g/mol. The van der Waals surface area contributed by atoms with Crippen LogP contribution in [-0.4, -0.2) is 80.0 Å². The molecule has 1 aliphatic carbocycles. The second-order valence-electron chi connectivity index (χ2n) is 7.53. The third-order valence-corrected chi connectivity index (χ3v) is 5.57. The zero-order chi connectivity index (χ0) is 20.5. The number of amides is 1. The quantitative estimate of drug-likeness (QED) is 0.638. The van der Waals surface area contributed by atoms with Crippen LogP contribution in [0, 0.1) is 0 Å². The van der Waals surface area contributed by atoms with E-state index in [-0.39, 0.29) is 5.91 Å². The van der Waals surface area contributed by atoms with Gasteiger partial charge in [0, 0.05) is 44.5 Å². The lowest BCUT2D eigenvalue weighted by Crippen LogP contribution is -2.49. The Labute approximate surface area is 174 Å². The first-order valence-corrected chi connectivity index (χ1v) is 10.2. The molecule has 0 bridgehead atoms. The van der Waals surface area contributed by atoms with Crippen LogP contribution in [-0.2, 0) is 0 Å². The molecule has 154 valence electrons. The zero-order valence-corrected chi connectivity index (χ0v) is 16.8. The van der Waals surface area contributed by atoms with Gasteiger partial charge < -0.3 is 9.64 Å². The van der Waals surface area contributed by atoms with Crippen molar-refractivity contribution in [3.63, 3.8) is 0 Å². The Hall–Kier alpha value is -3.33. The second-order valence-corrected chi connectivity index (χ2v) is 7.53. The number of methoxy groups -OCH3 is 1. The first-order valence-electron chi connectivity index (χ1n) is 10.2. The van der Waals surface area contributed by atoms with Crippen molar-refractivity contribution in [3.8, 4) is 23.1 Å². The summed E-state index contributed by atoms with van der Waals surface area (Å²) in [6.45, 7) is 3.30. The summed E-state index contributed by atoms with van der Waals surface area (Å²) >= 11 is 0. The number of nitrogens with zero attached hydrogens (tertiary/aromatic N) is 7. The molecule has 2 fully saturated rings. The summed E-state index contributed by atoms with van der Waals surface area (Å²) < 4.78 is 6.71. The molecule has 1 saturated heterocycles. The van der Waals surface area contributed by atoms with E-state index in [1.807, 2.05) is 23.1 Å². The molecule has 5 rings (SSSR count). The average molecular weight is 405 g/mol. The van der Waals surface area contributed by atoms with Crippen LogP contribution in [0.3, 0.4) is 0 Å². The third-order valence-electron chi connectivity index (χ3n) is 5.57. The number of carbonyl (C=O) groups is 1. The van der Waals surface area contributed by atoms with E-state index < -0.39 is 0 Å². The van der Waals surface area contributed by atoms with Crippen LogP contribution >= 0.6 is 0 Å². The Balaban J connectivity index is 1.45. The molecule has 9 nitrogen and oxygen atoms in total. The van der Waals surface area contributed by atoms with Gasteiger partial charge in [-0.2, -0.15) is 5.10 Å². The number of carbonyl (C=O) groups excluding carboxylic acids is 1. The lowest BCUT2D eigenvalue weighted by atomic mass is 10.2. The molecule has 0 radical (unpaired) electrons. The van der Waals surface area contributed by atoms with Crippen molar-refractivity contribution in [1.82, 2.24) is 34.8 Å². The summed E-state index contributed by atoms with van der Waals surface area (Å²) in [6.07, 6.45) is 4.29. The molecule has 9 heteroatoms. The number of ether oxygens (including phenoxy) is 1. The fourth-order valence-electron chi connectivity index (χ4n) is 3.78. The molecule has 30 heavy (non-hydrogen) atoms. The highest BCUT2D eigenvalue weighted by Crippen LogP contribution is 2.28. The highest BCUT2D eigenvalue weighted by molar-refractivity contribution is 5.93. The number of hydrogen-bond acceptors (Lipinski definition) is 7. The van der Waals surface area contributed by atoms with Crippen molar-refractivity contribution in [2.45, 2.75) is 18.9 Å². The van der Waals surface area contributed by atoms with Crippen LogP contribution in [0.2, 0.25) is 0 Å². The van der Waals surface area contributed by atoms with E-state index in [1.165, 1.54) is 20.0 Å². The average Bonchev–Trinajstić information content (AvgIpc) is 3.57. The van der Waals surface area contributed by atoms with Crippen molar-refractivity contribution in [1.29, 1.82) is 0 Å². The van der Waals surface area contributed by atoms with E-state index >= 15 is 0 Å². The van der Waals surface area contributed by atoms with E-state index in [0.29, 0.717) is 28.8 Å². The van der Waals surface area contributed by atoms with Crippen LogP contribution in [0.1, 0.15) is 23.3 Å². The molecule has 0 unspecified atom stereocenters. The van der Waals surface area contributed by atoms with Gasteiger partial charge in [0.15, 0.2) is 11.5 Å². The van der Waals surface area contributed by atoms with Gasteiger partial charge in [0.1, 0.15) is 0 Å². The summed E-state index contributed by atoms with van der Waals surface area (Å²) in [5.41, 5.74) is 1.78. The number of hydrogen-bond donors (Lipinski definition) is 0. The second kappa shape index (κ2) is 7.83. The van der Waals surface area contributed by atoms with Crippen LogP contribution in [0.25, 0.3) is 17.2 Å². The first kappa shape index (κ1) is 18.7. The van der Waals surface area contributed by atoms with E-state index in [4.69, 9.17) is 4.74 Å². The Bertz CT molecular complexity index is 1020. The van der Waals surface area contributed by atoms with Gasteiger partial charge in [-0.3, -0.25) is 14.7 Å². The van der Waals surface area contributed by atoms with Crippen molar-refractivity contribution < 1.29 is 9.53 Å². The SMILES string of the molecule is COc1ccc(-n2nc(C(=O)N3CCN(C4CC4)CC3)cc2-c2ccccn2)nn1. The number of piperazine rings is 1. The van der Waals surface area contributed by atoms with Gasteiger partial charge in [0.25, 0.3) is 5.91 Å². The Morgan fingerprint density at radius 2 is 1.90 bits per heavy atom. The van der Waals surface area contributed by atoms with Crippen molar-refractivity contribution in [2.24, 2.45) is 0 Å². The van der Waals surface area contributed by atoms with Gasteiger partial charge in [-0.25, -0.2) is 4.68 Å². The summed E-state index contributed by atoms with van der Waals surface area (Å²) in [7, 11) is 1.54. The molecule has 2 aliphatic rings. The summed E-state index contributed by atoms with van der Waals surface area (Å²) in [4.78, 5) is 22.0. The lowest BCUT2D eigenvalue weighted by Gasteiger charge is -2.34. The standard InChI is InChI=1S/C21H23N7O2/c1-30-20-8-7-19(23-24-20)28-18(16-4-2-3-9-22-16)14-17(25-28)21(29)27-12-10-26(11-13-27)15-5-6-15/h2-4,7-9,14-15H,5-6,10-13H2,1H3. The van der Waals surface area contributed by atoms with Gasteiger partial charge in [-0.05, 0) is 37.1 Å². The predicted octanol–water partition coefficient (Wildman–Crippen LogP) is 1.65. The van der Waals surface area contributed by atoms with Crippen molar-refractivity contribution in [3.05, 3.63) is 48.3 Å². The number of aromatic nitrogens is 5. The highest BCUT2D eigenvalue weighted by atomic mass is 16.5. The zero-order valence-electron chi connectivity index (χ0n) is 16.8. The minimum atomic E-state index is -0.0668. The van der Waals surface area contributed by atoms with Gasteiger partial charge in [0.05, 0.1) is 18.5 Å². The fraction of sp³-hybridized carbons (Fsp3) is 0.381. The molecule has 4 heterocycles. The maximum absolute atomic E-state index is 13.2. The largest absolute Gasteiger partial charge is 0.480 e. The van der Waals surface area contributed by atoms with Crippen LogP contribution in [0.15, 0.2) is 42.6 Å². The molecular formula is C21H23N7O2. The summed E-state index contributed by atoms with van der Waals surface area (Å²) in [5, 5.41) is 12.8. The molecule has 0 N–H and O–H groups in total. The molecule has 0 spiro atoms. The topological polar surface area (TPSA) is 89.3 Å². The summed E-state index contributed by atoms with van der Waals surface area (Å²) in [6, 6.07) is 11.6. The maximum Gasteiger partial charge on any atom is 0.274 e. The van der Waals surface area contributed by atoms with Crippen molar-refractivity contribution in [2.75, 3.05) is 33.3 Å². The van der Waals surface area contributed by atoms with Crippen LogP contribution < -0.4 is 4.74 Å². The normalized spacial score (nSPS) is 17.2. The Morgan fingerprint density at radius 1 is 1.07 bits per heavy atom. The minimum absolute atomic E-state index is 0.0668. The van der Waals surface area contributed by atoms with Crippen molar-refractivity contribution >= 4 is 5.91 Å². The van der Waals surface area contributed by atoms with E-state index in [9.17, 15) is 4.79 Å². The maximum atomic E-state index is 13.2. The molecular weight excluding hydrogens is 382 g/mol. The molecule has 0 aromatic carbocycles. The van der Waals surface area contributed by atoms with Gasteiger partial charge in [-0.1, -0.05) is 6.07 Å². The third kappa shape index (κ3) is 3.63. The van der Waals surface area contributed by atoms with Gasteiger partial charge in [0.2, 0.25) is 5.88 Å². The van der Waals surface area contributed by atoms with E-state index in [2.05, 4.69) is 25.2 Å². The van der Waals surface area contributed by atoms with E-state index in [0.717, 1.165) is 32.2 Å². The fourth-order valence-corrected chi connectivity index (χ4v) is 3.78. The molecule has 1 saturated carbocycles. The number of pyridine rings is 1. The number of rotatable bonds is 5. The molecule has 1 aliphatic heterocycles. The molecule has 3 aromatic heterocycles. The summed E-state index contributed by atoms with van der Waals surface area (Å²) in [5.74, 6) is 0.840. The Kier molecular flexibility index (Phi) is 4.88. The van der Waals surface area contributed by atoms with Crippen LogP contribution in [0.5, 0.6) is 5.88 Å². The lowest BCUT2D eigenvalue weighted by molar-refractivity contribution is 0.0621. The van der Waals surface area contributed by atoms with E-state index in [1.54, 1.807) is 29.1 Å². The Morgan fingerprint density at radius 3 is 2.53 bits per heavy atom. The highest BCUT2D eigenvalue weighted by Gasteiger charge is 2.33. The predicted molar refractivity (Wildman–Crippen MR) is 109 cm³/mol.